The third-order valence-electron chi connectivity index (χ3n) is 9.37. The molecule has 0 unspecified atom stereocenters. The second-order valence-corrected chi connectivity index (χ2v) is 13.8. The van der Waals surface area contributed by atoms with Gasteiger partial charge in [-0.05, 0) is 59.9 Å². The van der Waals surface area contributed by atoms with E-state index in [2.05, 4.69) is 48.5 Å². The van der Waals surface area contributed by atoms with Crippen LogP contribution >= 0.6 is 81.2 Å². The topological polar surface area (TPSA) is 0 Å². The predicted molar refractivity (Wildman–Crippen MR) is 193 cm³/mol. The summed E-state index contributed by atoms with van der Waals surface area (Å²) < 4.78 is 0. The third-order valence-corrected chi connectivity index (χ3v) is 12.4. The zero-order valence-electron chi connectivity index (χ0n) is 21.5. The zero-order valence-corrected chi connectivity index (χ0v) is 26.8. The highest BCUT2D eigenvalue weighted by molar-refractivity contribution is 6.64. The number of benzene rings is 7. The van der Waals surface area contributed by atoms with Crippen molar-refractivity contribution in [2.45, 2.75) is 0 Å². The summed E-state index contributed by atoms with van der Waals surface area (Å²) in [5.74, 6) is 0. The Hall–Kier alpha value is -2.65. The first kappa shape index (κ1) is 25.7. The van der Waals surface area contributed by atoms with Crippen LogP contribution in [-0.4, -0.2) is 0 Å². The van der Waals surface area contributed by atoms with Gasteiger partial charge in [-0.15, -0.1) is 0 Å². The first-order chi connectivity index (χ1) is 20.8. The minimum Gasteiger partial charge on any atom is -0.0836 e. The van der Waals surface area contributed by atoms with E-state index in [4.69, 9.17) is 81.2 Å². The molecule has 0 atom stereocenters. The van der Waals surface area contributed by atoms with Gasteiger partial charge in [0.1, 0.15) is 0 Å². The van der Waals surface area contributed by atoms with Gasteiger partial charge in [0.15, 0.2) is 0 Å². The van der Waals surface area contributed by atoms with Crippen molar-refractivity contribution in [3.05, 3.63) is 102 Å². The average molecular weight is 692 g/mol. The minimum atomic E-state index is 0.262. The minimum absolute atomic E-state index is 0.262. The van der Waals surface area contributed by atoms with Gasteiger partial charge in [-0.3, -0.25) is 0 Å². The standard InChI is InChI=1S/C36H11Cl7/c37-18-11-10-16-24-22-14-7-2-5-12-4-1-6-13(19(12)14)21(22)23-15-8-3-9-17-20(15)29(33(40)35(42)31(17)38)27(23)28(24)30-25(16)26(18)32(39)36(43)34(30)41/h1-11H. The summed E-state index contributed by atoms with van der Waals surface area (Å²) in [5, 5.41) is 20.7. The largest absolute Gasteiger partial charge is 0.0836 e. The molecule has 0 N–H and O–H groups in total. The van der Waals surface area contributed by atoms with Crippen molar-refractivity contribution < 1.29 is 0 Å². The highest BCUT2D eigenvalue weighted by Crippen LogP contribution is 2.60. The third kappa shape index (κ3) is 2.79. The molecular formula is C36H11Cl7. The Balaban J connectivity index is 1.75. The number of fused-ring (bicyclic) bond motifs is 12. The van der Waals surface area contributed by atoms with E-state index in [9.17, 15) is 0 Å². The number of rotatable bonds is 0. The molecule has 0 heterocycles. The summed E-state index contributed by atoms with van der Waals surface area (Å²) in [6.07, 6.45) is 0. The van der Waals surface area contributed by atoms with E-state index >= 15 is 0 Å². The molecule has 0 saturated heterocycles. The Morgan fingerprint density at radius 3 is 1.30 bits per heavy atom. The van der Waals surface area contributed by atoms with Crippen LogP contribution in [0.25, 0.3) is 97.0 Å². The molecule has 0 spiro atoms. The molecule has 7 heteroatoms. The number of hydrogen-bond acceptors (Lipinski definition) is 0. The molecule has 10 rings (SSSR count). The van der Waals surface area contributed by atoms with E-state index in [0.717, 1.165) is 75.4 Å². The fourth-order valence-corrected chi connectivity index (χ4v) is 9.78. The number of halogens is 7. The highest BCUT2D eigenvalue weighted by Gasteiger charge is 2.31. The zero-order chi connectivity index (χ0) is 29.2. The van der Waals surface area contributed by atoms with Gasteiger partial charge in [0.2, 0.25) is 0 Å². The van der Waals surface area contributed by atoms with Crippen LogP contribution in [0, 0.1) is 0 Å². The monoisotopic (exact) mass is 688 g/mol. The normalized spacial score (nSPS) is 13.0. The summed E-state index contributed by atoms with van der Waals surface area (Å²) in [4.78, 5) is 0. The first-order valence-electron chi connectivity index (χ1n) is 13.5. The van der Waals surface area contributed by atoms with Gasteiger partial charge in [0.05, 0.1) is 35.2 Å². The molecule has 0 nitrogen and oxygen atoms in total. The molecule has 0 saturated carbocycles. The second-order valence-electron chi connectivity index (χ2n) is 11.2. The fraction of sp³-hybridized carbons (Fsp3) is 0. The van der Waals surface area contributed by atoms with Crippen molar-refractivity contribution in [3.63, 3.8) is 0 Å². The van der Waals surface area contributed by atoms with Gasteiger partial charge in [0, 0.05) is 43.1 Å². The van der Waals surface area contributed by atoms with E-state index in [1.807, 2.05) is 18.2 Å². The van der Waals surface area contributed by atoms with Crippen molar-refractivity contribution in [1.29, 1.82) is 0 Å². The maximum atomic E-state index is 7.18. The van der Waals surface area contributed by atoms with Crippen LogP contribution in [0.4, 0.5) is 0 Å². The Morgan fingerprint density at radius 2 is 0.674 bits per heavy atom. The molecule has 0 radical (unpaired) electrons. The Morgan fingerprint density at radius 1 is 0.256 bits per heavy atom. The van der Waals surface area contributed by atoms with E-state index in [0.29, 0.717) is 35.5 Å². The van der Waals surface area contributed by atoms with E-state index < -0.39 is 0 Å². The Kier molecular flexibility index (Phi) is 4.97. The van der Waals surface area contributed by atoms with Crippen LogP contribution in [-0.2, 0) is 0 Å². The number of hydrogen-bond donors (Lipinski definition) is 0. The summed E-state index contributed by atoms with van der Waals surface area (Å²) in [6.45, 7) is 0. The lowest BCUT2D eigenvalue weighted by Crippen LogP contribution is -1.82. The van der Waals surface area contributed by atoms with Crippen LogP contribution in [0.15, 0.2) is 66.7 Å². The average Bonchev–Trinajstić information content (AvgIpc) is 3.65. The highest BCUT2D eigenvalue weighted by atomic mass is 35.5. The van der Waals surface area contributed by atoms with E-state index in [1.165, 1.54) is 16.2 Å². The van der Waals surface area contributed by atoms with Gasteiger partial charge in [-0.25, -0.2) is 0 Å². The molecule has 10 aromatic carbocycles. The lowest BCUT2D eigenvalue weighted by atomic mass is 9.97. The van der Waals surface area contributed by atoms with Crippen LogP contribution < -0.4 is 0 Å². The Bertz CT molecular complexity index is 2900. The summed E-state index contributed by atoms with van der Waals surface area (Å²) in [7, 11) is 0. The summed E-state index contributed by atoms with van der Waals surface area (Å²) >= 11 is 48.7. The van der Waals surface area contributed by atoms with E-state index in [1.54, 1.807) is 0 Å². The molecule has 10 aromatic rings. The molecule has 0 aliphatic heterocycles. The SMILES string of the molecule is Clc1c(Cl)c2cccc3c2c(c1Cl)c1c3c2c3cccc4cccc(c43)c2c2c3ccc(Cl)c4c(Cl)c(Cl)c(Cl)c(c43)c21. The maximum absolute atomic E-state index is 7.18. The van der Waals surface area contributed by atoms with Crippen LogP contribution in [0.3, 0.4) is 0 Å². The van der Waals surface area contributed by atoms with E-state index in [-0.39, 0.29) is 5.02 Å². The molecule has 0 amide bonds. The smallest absolute Gasteiger partial charge is 0.0791 e. The molecule has 0 fully saturated rings. The molecule has 0 bridgehead atoms. The molecule has 0 aliphatic carbocycles. The quantitative estimate of drug-likeness (QED) is 0.139. The van der Waals surface area contributed by atoms with Gasteiger partial charge >= 0.3 is 0 Å². The van der Waals surface area contributed by atoms with Crippen LogP contribution in [0.1, 0.15) is 0 Å². The van der Waals surface area contributed by atoms with Crippen molar-refractivity contribution in [2.24, 2.45) is 0 Å². The van der Waals surface area contributed by atoms with Crippen LogP contribution in [0.5, 0.6) is 0 Å². The first-order valence-corrected chi connectivity index (χ1v) is 16.1. The molecular weight excluding hydrogens is 681 g/mol. The van der Waals surface area contributed by atoms with Crippen molar-refractivity contribution in [2.75, 3.05) is 0 Å². The summed E-state index contributed by atoms with van der Waals surface area (Å²) in [6, 6.07) is 23.0. The maximum Gasteiger partial charge on any atom is 0.0791 e. The van der Waals surface area contributed by atoms with Gasteiger partial charge in [0.25, 0.3) is 0 Å². The van der Waals surface area contributed by atoms with Gasteiger partial charge in [-0.1, -0.05) is 142 Å². The molecule has 0 aromatic heterocycles. The van der Waals surface area contributed by atoms with Gasteiger partial charge in [-0.2, -0.15) is 0 Å². The fourth-order valence-electron chi connectivity index (χ4n) is 7.89. The van der Waals surface area contributed by atoms with Gasteiger partial charge < -0.3 is 0 Å². The molecule has 0 aliphatic rings. The lowest BCUT2D eigenvalue weighted by molar-refractivity contribution is 1.83. The molecule has 204 valence electrons. The lowest BCUT2D eigenvalue weighted by Gasteiger charge is -2.10. The van der Waals surface area contributed by atoms with Crippen LogP contribution in [0.2, 0.25) is 35.2 Å². The van der Waals surface area contributed by atoms with Crippen molar-refractivity contribution in [1.82, 2.24) is 0 Å². The summed E-state index contributed by atoms with van der Waals surface area (Å²) in [5.41, 5.74) is 0. The molecule has 43 heavy (non-hydrogen) atoms. The van der Waals surface area contributed by atoms with Crippen molar-refractivity contribution >= 4 is 178 Å². The Labute approximate surface area is 278 Å². The second kappa shape index (κ2) is 8.33. The van der Waals surface area contributed by atoms with Crippen molar-refractivity contribution in [3.8, 4) is 0 Å². The predicted octanol–water partition coefficient (Wildman–Crippen LogP) is 15.0.